The second-order valence-electron chi connectivity index (χ2n) is 20.3. The van der Waals surface area contributed by atoms with Crippen molar-refractivity contribution >= 4 is 21.5 Å². The van der Waals surface area contributed by atoms with Gasteiger partial charge in [-0.15, -0.1) is 0 Å². The molecule has 0 atom stereocenters. The van der Waals surface area contributed by atoms with Gasteiger partial charge in [0.25, 0.3) is 0 Å². The number of hydrogen-bond donors (Lipinski definition) is 0. The topological polar surface area (TPSA) is 25.8 Å². The first-order valence-electron chi connectivity index (χ1n) is 26.3. The summed E-state index contributed by atoms with van der Waals surface area (Å²) in [5, 5.41) is 4.79. The molecule has 354 valence electrons. The van der Waals surface area contributed by atoms with Crippen LogP contribution < -0.4 is 0 Å². The number of benzene rings is 11. The van der Waals surface area contributed by atoms with Crippen molar-refractivity contribution in [3.63, 3.8) is 0 Å². The molecule has 0 saturated heterocycles. The third-order valence-corrected chi connectivity index (χ3v) is 16.6. The van der Waals surface area contributed by atoms with Crippen molar-refractivity contribution < 1.29 is 0 Å². The second-order valence-corrected chi connectivity index (χ2v) is 20.3. The Balaban J connectivity index is 1.02. The fourth-order valence-electron chi connectivity index (χ4n) is 13.4. The highest BCUT2D eigenvalue weighted by Crippen LogP contribution is 2.59. The first kappa shape index (κ1) is 43.8. The Morgan fingerprint density at radius 2 is 0.671 bits per heavy atom. The van der Waals surface area contributed by atoms with Crippen LogP contribution in [0.25, 0.3) is 88.4 Å². The lowest BCUT2D eigenvalue weighted by Gasteiger charge is -2.34. The summed E-state index contributed by atoms with van der Waals surface area (Å²) < 4.78 is 0. The molecular formula is C74H48N2. The molecule has 0 fully saturated rings. The van der Waals surface area contributed by atoms with Crippen LogP contribution in [0, 0.1) is 0 Å². The summed E-state index contributed by atoms with van der Waals surface area (Å²) in [4.78, 5) is 9.38. The molecule has 0 amide bonds. The average molecular weight is 965 g/mol. The largest absolute Gasteiger partial charge is 0.264 e. The summed E-state index contributed by atoms with van der Waals surface area (Å²) in [5.74, 6) is 0. The summed E-state index contributed by atoms with van der Waals surface area (Å²) in [5.41, 5.74) is 23.0. The van der Waals surface area contributed by atoms with E-state index in [0.717, 1.165) is 22.4 Å². The summed E-state index contributed by atoms with van der Waals surface area (Å²) in [7, 11) is 0. The predicted octanol–water partition coefficient (Wildman–Crippen LogP) is 18.2. The molecule has 0 unspecified atom stereocenters. The second kappa shape index (κ2) is 17.4. The monoisotopic (exact) mass is 964 g/mol. The first-order chi connectivity index (χ1) is 37.7. The number of pyridine rings is 2. The van der Waals surface area contributed by atoms with E-state index in [1.54, 1.807) is 6.20 Å². The van der Waals surface area contributed by atoms with Gasteiger partial charge in [0.2, 0.25) is 0 Å². The molecule has 2 heteroatoms. The van der Waals surface area contributed by atoms with E-state index >= 15 is 0 Å². The summed E-state index contributed by atoms with van der Waals surface area (Å²) in [6.07, 6.45) is 5.69. The lowest BCUT2D eigenvalue weighted by Crippen LogP contribution is -2.28. The first-order valence-corrected chi connectivity index (χ1v) is 26.3. The van der Waals surface area contributed by atoms with Crippen molar-refractivity contribution in [3.05, 3.63) is 336 Å². The Hall–Kier alpha value is -9.76. The van der Waals surface area contributed by atoms with Crippen LogP contribution in [-0.2, 0) is 10.8 Å². The van der Waals surface area contributed by atoms with E-state index in [4.69, 9.17) is 4.98 Å². The molecule has 0 saturated carbocycles. The van der Waals surface area contributed by atoms with E-state index in [2.05, 4.69) is 272 Å². The van der Waals surface area contributed by atoms with Gasteiger partial charge in [-0.1, -0.05) is 237 Å². The number of hydrogen-bond acceptors (Lipinski definition) is 2. The van der Waals surface area contributed by atoms with Crippen molar-refractivity contribution in [2.45, 2.75) is 10.8 Å². The standard InChI is InChI=1S/C74H48N2/c1-5-21-54(22-6-1)73(55-23-7-2-8-24-55)66-33-17-15-29-58(66)60-39-36-50(45-68(60)73)71-62-31-13-14-32-63(62)72(65-44-49(35-41-64(65)71)52-38-42-70(76-48-52)53-20-19-43-75-47-53)51-37-40-61-59-30-16-18-34-67(59)74(69(61)46-51,56-25-9-3-10-26-56)57-27-11-4-12-28-57/h1-48H. The molecule has 0 spiro atoms. The van der Waals surface area contributed by atoms with E-state index in [9.17, 15) is 0 Å². The minimum Gasteiger partial charge on any atom is -0.264 e. The molecule has 2 aliphatic rings. The zero-order valence-corrected chi connectivity index (χ0v) is 41.6. The van der Waals surface area contributed by atoms with Crippen LogP contribution in [-0.4, -0.2) is 9.97 Å². The van der Waals surface area contributed by atoms with Gasteiger partial charge in [-0.2, -0.15) is 0 Å². The lowest BCUT2D eigenvalue weighted by atomic mass is 9.67. The summed E-state index contributed by atoms with van der Waals surface area (Å²) in [6.45, 7) is 0. The van der Waals surface area contributed by atoms with Crippen molar-refractivity contribution in [1.82, 2.24) is 9.97 Å². The van der Waals surface area contributed by atoms with Crippen LogP contribution in [0.15, 0.2) is 292 Å². The van der Waals surface area contributed by atoms with E-state index in [-0.39, 0.29) is 0 Å². The maximum Gasteiger partial charge on any atom is 0.0717 e. The Labute approximate surface area is 443 Å². The third kappa shape index (κ3) is 6.41. The normalized spacial score (nSPS) is 13.5. The SMILES string of the molecule is c1ccc(C2(c3ccccc3)c3ccccc3-c3ccc(-c4c5ccccc5c(-c5ccc6c(c5)C(c5ccccc5)(c5ccccc5)c5ccccc5-6)c5cc(-c6ccc(-c7cccnc7)nc6)ccc45)cc32)cc1. The van der Waals surface area contributed by atoms with Gasteiger partial charge in [-0.05, 0) is 153 Å². The van der Waals surface area contributed by atoms with Gasteiger partial charge < -0.3 is 0 Å². The molecule has 15 rings (SSSR count). The van der Waals surface area contributed by atoms with Crippen molar-refractivity contribution in [3.8, 4) is 66.9 Å². The fraction of sp³-hybridized carbons (Fsp3) is 0.0270. The van der Waals surface area contributed by atoms with Crippen LogP contribution in [0.3, 0.4) is 0 Å². The molecule has 76 heavy (non-hydrogen) atoms. The van der Waals surface area contributed by atoms with Crippen molar-refractivity contribution in [1.29, 1.82) is 0 Å². The maximum absolute atomic E-state index is 5.01. The average Bonchev–Trinajstić information content (AvgIpc) is 4.03. The maximum atomic E-state index is 5.01. The van der Waals surface area contributed by atoms with Crippen molar-refractivity contribution in [2.75, 3.05) is 0 Å². The molecular weight excluding hydrogens is 917 g/mol. The van der Waals surface area contributed by atoms with Gasteiger partial charge >= 0.3 is 0 Å². The third-order valence-electron chi connectivity index (χ3n) is 16.6. The van der Waals surface area contributed by atoms with Crippen molar-refractivity contribution in [2.24, 2.45) is 0 Å². The highest BCUT2D eigenvalue weighted by atomic mass is 14.7. The van der Waals surface area contributed by atoms with E-state index in [1.165, 1.54) is 111 Å². The number of aromatic nitrogens is 2. The van der Waals surface area contributed by atoms with Crippen LogP contribution in [0.1, 0.15) is 44.5 Å². The smallest absolute Gasteiger partial charge is 0.0717 e. The minimum absolute atomic E-state index is 0.538. The Morgan fingerprint density at radius 3 is 1.14 bits per heavy atom. The van der Waals surface area contributed by atoms with E-state index in [0.29, 0.717) is 0 Å². The van der Waals surface area contributed by atoms with Crippen LogP contribution in [0.5, 0.6) is 0 Å². The molecule has 0 radical (unpaired) electrons. The number of fused-ring (bicyclic) bond motifs is 8. The van der Waals surface area contributed by atoms with Crippen LogP contribution >= 0.6 is 0 Å². The molecule has 2 aromatic heterocycles. The predicted molar refractivity (Wildman–Crippen MR) is 313 cm³/mol. The van der Waals surface area contributed by atoms with Gasteiger partial charge in [-0.25, -0.2) is 0 Å². The number of rotatable bonds is 8. The highest BCUT2D eigenvalue weighted by Gasteiger charge is 2.48. The molecule has 2 nitrogen and oxygen atoms in total. The number of nitrogens with zero attached hydrogens (tertiary/aromatic N) is 2. The molecule has 2 heterocycles. The minimum atomic E-state index is -0.547. The quantitative estimate of drug-likeness (QED) is 0.142. The molecule has 0 N–H and O–H groups in total. The van der Waals surface area contributed by atoms with Gasteiger partial charge in [0.15, 0.2) is 0 Å². The van der Waals surface area contributed by atoms with Crippen LogP contribution in [0.2, 0.25) is 0 Å². The Bertz CT molecular complexity index is 4280. The highest BCUT2D eigenvalue weighted by molar-refractivity contribution is 6.22. The molecule has 0 bridgehead atoms. The molecule has 11 aromatic carbocycles. The zero-order valence-electron chi connectivity index (χ0n) is 41.6. The van der Waals surface area contributed by atoms with Crippen LogP contribution in [0.4, 0.5) is 0 Å². The zero-order chi connectivity index (χ0) is 50.2. The summed E-state index contributed by atoms with van der Waals surface area (Å²) >= 11 is 0. The van der Waals surface area contributed by atoms with Gasteiger partial charge in [0, 0.05) is 29.7 Å². The van der Waals surface area contributed by atoms with Gasteiger partial charge in [0.05, 0.1) is 16.5 Å². The van der Waals surface area contributed by atoms with E-state index in [1.807, 2.05) is 18.5 Å². The molecule has 0 aliphatic heterocycles. The Morgan fingerprint density at radius 1 is 0.250 bits per heavy atom. The summed E-state index contributed by atoms with van der Waals surface area (Å²) in [6, 6.07) is 102. The fourth-order valence-corrected chi connectivity index (χ4v) is 13.4. The Kier molecular flexibility index (Phi) is 10.0. The molecule has 2 aliphatic carbocycles. The van der Waals surface area contributed by atoms with Gasteiger partial charge in [-0.3, -0.25) is 9.97 Å². The van der Waals surface area contributed by atoms with Gasteiger partial charge in [0.1, 0.15) is 0 Å². The lowest BCUT2D eigenvalue weighted by molar-refractivity contribution is 0.769. The van der Waals surface area contributed by atoms with E-state index < -0.39 is 10.8 Å². The molecule has 13 aromatic rings.